The highest BCUT2D eigenvalue weighted by Crippen LogP contribution is 2.28. The number of anilines is 2. The summed E-state index contributed by atoms with van der Waals surface area (Å²) >= 11 is 5.99. The largest absolute Gasteiger partial charge is 0.497 e. The topological polar surface area (TPSA) is 47.0 Å². The standard InChI is InChI=1S/C21H16ClN3O/c1-26-17-12-10-16(11-13-17)23-21-18-4-2-3-5-19(18)24-20(25-21)14-6-8-15(22)9-7-14/h2-13H,1H3,(H,23,24,25). The summed E-state index contributed by atoms with van der Waals surface area (Å²) < 4.78 is 5.21. The molecule has 0 bridgehead atoms. The molecule has 0 unspecified atom stereocenters. The highest BCUT2D eigenvalue weighted by Gasteiger charge is 2.10. The van der Waals surface area contributed by atoms with E-state index in [0.29, 0.717) is 10.8 Å². The Bertz CT molecular complexity index is 1050. The van der Waals surface area contributed by atoms with Crippen molar-refractivity contribution >= 4 is 34.0 Å². The minimum absolute atomic E-state index is 0.649. The van der Waals surface area contributed by atoms with Crippen molar-refractivity contribution in [1.29, 1.82) is 0 Å². The summed E-state index contributed by atoms with van der Waals surface area (Å²) in [6, 6.07) is 23.2. The van der Waals surface area contributed by atoms with Crippen LogP contribution in [-0.4, -0.2) is 17.1 Å². The van der Waals surface area contributed by atoms with Crippen LogP contribution in [0.5, 0.6) is 5.75 Å². The normalized spacial score (nSPS) is 10.7. The molecular formula is C21H16ClN3O. The molecule has 3 aromatic carbocycles. The lowest BCUT2D eigenvalue weighted by Gasteiger charge is -2.11. The van der Waals surface area contributed by atoms with Crippen molar-refractivity contribution in [2.75, 3.05) is 12.4 Å². The minimum Gasteiger partial charge on any atom is -0.497 e. The fourth-order valence-corrected chi connectivity index (χ4v) is 2.84. The molecule has 1 N–H and O–H groups in total. The van der Waals surface area contributed by atoms with Crippen molar-refractivity contribution in [3.63, 3.8) is 0 Å². The van der Waals surface area contributed by atoms with Gasteiger partial charge < -0.3 is 10.1 Å². The Balaban J connectivity index is 1.79. The van der Waals surface area contributed by atoms with E-state index in [1.165, 1.54) is 0 Å². The molecule has 128 valence electrons. The zero-order valence-electron chi connectivity index (χ0n) is 14.1. The maximum atomic E-state index is 5.99. The Morgan fingerprint density at radius 1 is 0.846 bits per heavy atom. The predicted octanol–water partition coefficient (Wildman–Crippen LogP) is 5.70. The van der Waals surface area contributed by atoms with Crippen molar-refractivity contribution in [3.05, 3.63) is 77.8 Å². The van der Waals surface area contributed by atoms with Gasteiger partial charge in [0.1, 0.15) is 11.6 Å². The van der Waals surface area contributed by atoms with Crippen LogP contribution >= 0.6 is 11.6 Å². The molecule has 4 rings (SSSR count). The fourth-order valence-electron chi connectivity index (χ4n) is 2.71. The van der Waals surface area contributed by atoms with E-state index in [0.717, 1.165) is 33.7 Å². The second-order valence-electron chi connectivity index (χ2n) is 5.77. The molecule has 0 aliphatic carbocycles. The van der Waals surface area contributed by atoms with Crippen LogP contribution < -0.4 is 10.1 Å². The summed E-state index contributed by atoms with van der Waals surface area (Å²) in [7, 11) is 1.65. The molecule has 4 nitrogen and oxygen atoms in total. The van der Waals surface area contributed by atoms with Crippen molar-refractivity contribution in [1.82, 2.24) is 9.97 Å². The third-order valence-electron chi connectivity index (χ3n) is 4.06. The van der Waals surface area contributed by atoms with Crippen LogP contribution in [0.1, 0.15) is 0 Å². The molecule has 0 saturated carbocycles. The average molecular weight is 362 g/mol. The Hall–Kier alpha value is -3.11. The first-order chi connectivity index (χ1) is 12.7. The average Bonchev–Trinajstić information content (AvgIpc) is 2.69. The zero-order valence-corrected chi connectivity index (χ0v) is 14.9. The number of halogens is 1. The molecule has 0 aliphatic heterocycles. The minimum atomic E-state index is 0.649. The monoisotopic (exact) mass is 361 g/mol. The first-order valence-corrected chi connectivity index (χ1v) is 8.54. The SMILES string of the molecule is COc1ccc(Nc2nc(-c3ccc(Cl)cc3)nc3ccccc23)cc1. The van der Waals surface area contributed by atoms with Crippen LogP contribution in [0.25, 0.3) is 22.3 Å². The highest BCUT2D eigenvalue weighted by molar-refractivity contribution is 6.30. The fraction of sp³-hybridized carbons (Fsp3) is 0.0476. The van der Waals surface area contributed by atoms with Gasteiger partial charge in [-0.15, -0.1) is 0 Å². The number of nitrogens with zero attached hydrogens (tertiary/aromatic N) is 2. The zero-order chi connectivity index (χ0) is 17.9. The van der Waals surface area contributed by atoms with Crippen LogP contribution in [0.15, 0.2) is 72.8 Å². The molecule has 26 heavy (non-hydrogen) atoms. The van der Waals surface area contributed by atoms with E-state index < -0.39 is 0 Å². The highest BCUT2D eigenvalue weighted by atomic mass is 35.5. The Kier molecular flexibility index (Phi) is 4.42. The Morgan fingerprint density at radius 3 is 2.31 bits per heavy atom. The molecular weight excluding hydrogens is 346 g/mol. The summed E-state index contributed by atoms with van der Waals surface area (Å²) in [6.07, 6.45) is 0. The number of fused-ring (bicyclic) bond motifs is 1. The molecule has 5 heteroatoms. The molecule has 0 fully saturated rings. The molecule has 0 spiro atoms. The summed E-state index contributed by atoms with van der Waals surface area (Å²) in [5.41, 5.74) is 2.72. The van der Waals surface area contributed by atoms with Crippen molar-refractivity contribution in [2.24, 2.45) is 0 Å². The van der Waals surface area contributed by atoms with E-state index >= 15 is 0 Å². The van der Waals surface area contributed by atoms with E-state index in [1.54, 1.807) is 7.11 Å². The lowest BCUT2D eigenvalue weighted by Crippen LogP contribution is -1.99. The van der Waals surface area contributed by atoms with Crippen molar-refractivity contribution < 1.29 is 4.74 Å². The van der Waals surface area contributed by atoms with E-state index in [4.69, 9.17) is 26.3 Å². The molecule has 0 saturated heterocycles. The number of para-hydroxylation sites is 1. The molecule has 0 atom stereocenters. The van der Waals surface area contributed by atoms with Gasteiger partial charge in [0, 0.05) is 21.7 Å². The number of hydrogen-bond acceptors (Lipinski definition) is 4. The van der Waals surface area contributed by atoms with Gasteiger partial charge >= 0.3 is 0 Å². The summed E-state index contributed by atoms with van der Waals surface area (Å²) in [5, 5.41) is 5.03. The molecule has 1 aromatic heterocycles. The number of nitrogens with one attached hydrogen (secondary N) is 1. The molecule has 0 aliphatic rings. The Morgan fingerprint density at radius 2 is 1.58 bits per heavy atom. The van der Waals surface area contributed by atoms with Crippen LogP contribution in [0.3, 0.4) is 0 Å². The quantitative estimate of drug-likeness (QED) is 0.506. The van der Waals surface area contributed by atoms with Gasteiger partial charge in [-0.25, -0.2) is 9.97 Å². The summed E-state index contributed by atoms with van der Waals surface area (Å²) in [5.74, 6) is 2.21. The van der Waals surface area contributed by atoms with Crippen LogP contribution in [0.4, 0.5) is 11.5 Å². The predicted molar refractivity (Wildman–Crippen MR) is 106 cm³/mol. The van der Waals surface area contributed by atoms with Gasteiger partial charge in [-0.3, -0.25) is 0 Å². The van der Waals surface area contributed by atoms with Gasteiger partial charge in [-0.1, -0.05) is 23.7 Å². The van der Waals surface area contributed by atoms with Gasteiger partial charge in [-0.05, 0) is 60.7 Å². The van der Waals surface area contributed by atoms with Crippen LogP contribution in [0.2, 0.25) is 5.02 Å². The third-order valence-corrected chi connectivity index (χ3v) is 4.31. The van der Waals surface area contributed by atoms with Crippen LogP contribution in [-0.2, 0) is 0 Å². The van der Waals surface area contributed by atoms with Crippen molar-refractivity contribution in [2.45, 2.75) is 0 Å². The van der Waals surface area contributed by atoms with Crippen molar-refractivity contribution in [3.8, 4) is 17.1 Å². The first-order valence-electron chi connectivity index (χ1n) is 8.17. The smallest absolute Gasteiger partial charge is 0.162 e. The molecule has 0 radical (unpaired) electrons. The van der Waals surface area contributed by atoms with Crippen LogP contribution in [0, 0.1) is 0 Å². The van der Waals surface area contributed by atoms with Gasteiger partial charge in [0.15, 0.2) is 5.82 Å². The number of rotatable bonds is 4. The second kappa shape index (κ2) is 7.02. The van der Waals surface area contributed by atoms with E-state index in [2.05, 4.69) is 5.32 Å². The maximum absolute atomic E-state index is 5.99. The second-order valence-corrected chi connectivity index (χ2v) is 6.21. The number of aromatic nitrogens is 2. The lowest BCUT2D eigenvalue weighted by atomic mass is 10.2. The lowest BCUT2D eigenvalue weighted by molar-refractivity contribution is 0.415. The number of ether oxygens (including phenoxy) is 1. The number of methoxy groups -OCH3 is 1. The molecule has 0 amide bonds. The van der Waals surface area contributed by atoms with Gasteiger partial charge in [0.2, 0.25) is 0 Å². The van der Waals surface area contributed by atoms with Gasteiger partial charge in [-0.2, -0.15) is 0 Å². The van der Waals surface area contributed by atoms with Gasteiger partial charge in [0.25, 0.3) is 0 Å². The third kappa shape index (κ3) is 3.32. The maximum Gasteiger partial charge on any atom is 0.162 e. The number of hydrogen-bond donors (Lipinski definition) is 1. The van der Waals surface area contributed by atoms with E-state index in [-0.39, 0.29) is 0 Å². The Labute approximate surface area is 156 Å². The number of benzene rings is 3. The van der Waals surface area contributed by atoms with E-state index in [1.807, 2.05) is 72.8 Å². The summed E-state index contributed by atoms with van der Waals surface area (Å²) in [6.45, 7) is 0. The molecule has 4 aromatic rings. The van der Waals surface area contributed by atoms with Gasteiger partial charge in [0.05, 0.1) is 12.6 Å². The van der Waals surface area contributed by atoms with E-state index in [9.17, 15) is 0 Å². The first kappa shape index (κ1) is 16.4. The molecule has 1 heterocycles. The summed E-state index contributed by atoms with van der Waals surface area (Å²) in [4.78, 5) is 9.43.